The Labute approximate surface area is 162 Å². The van der Waals surface area contributed by atoms with Crippen molar-refractivity contribution in [1.82, 2.24) is 10.2 Å². The third kappa shape index (κ3) is 5.97. The zero-order chi connectivity index (χ0) is 19.1. The fourth-order valence-electron chi connectivity index (χ4n) is 2.45. The van der Waals surface area contributed by atoms with Crippen LogP contribution >= 0.6 is 15.9 Å². The summed E-state index contributed by atoms with van der Waals surface area (Å²) in [6.07, 6.45) is 0. The van der Waals surface area contributed by atoms with E-state index in [1.807, 2.05) is 55.5 Å². The zero-order valence-corrected chi connectivity index (χ0v) is 16.8. The third-order valence-corrected chi connectivity index (χ3v) is 4.70. The normalized spacial score (nSPS) is 11.9. The summed E-state index contributed by atoms with van der Waals surface area (Å²) >= 11 is 3.40. The van der Waals surface area contributed by atoms with Crippen LogP contribution in [0.1, 0.15) is 18.1 Å². The molecular formula is C20H24BrN3O2. The van der Waals surface area contributed by atoms with E-state index >= 15 is 0 Å². The van der Waals surface area contributed by atoms with Crippen molar-refractivity contribution in [2.24, 2.45) is 0 Å². The van der Waals surface area contributed by atoms with E-state index in [1.54, 1.807) is 18.9 Å². The molecule has 0 saturated heterocycles. The van der Waals surface area contributed by atoms with Crippen molar-refractivity contribution in [3.8, 4) is 0 Å². The Balaban J connectivity index is 1.84. The molecule has 0 heterocycles. The van der Waals surface area contributed by atoms with Gasteiger partial charge in [0, 0.05) is 16.7 Å². The highest BCUT2D eigenvalue weighted by Crippen LogP contribution is 2.19. The monoisotopic (exact) mass is 417 g/mol. The number of carbonyl (C=O) groups is 2. The molecule has 0 radical (unpaired) electrons. The zero-order valence-electron chi connectivity index (χ0n) is 15.3. The molecule has 138 valence electrons. The third-order valence-electron chi connectivity index (χ3n) is 4.21. The first kappa shape index (κ1) is 20.1. The van der Waals surface area contributed by atoms with E-state index in [0.717, 1.165) is 21.3 Å². The maximum Gasteiger partial charge on any atom is 0.238 e. The number of halogens is 1. The predicted octanol–water partition coefficient (Wildman–Crippen LogP) is 3.33. The number of carbonyl (C=O) groups excluding carboxylic acids is 2. The molecule has 0 aliphatic heterocycles. The van der Waals surface area contributed by atoms with E-state index in [-0.39, 0.29) is 18.4 Å². The molecule has 6 heteroatoms. The molecule has 2 N–H and O–H groups in total. The second-order valence-electron chi connectivity index (χ2n) is 6.30. The highest BCUT2D eigenvalue weighted by atomic mass is 79.9. The van der Waals surface area contributed by atoms with E-state index in [0.29, 0.717) is 6.54 Å². The van der Waals surface area contributed by atoms with Gasteiger partial charge in [0.2, 0.25) is 11.8 Å². The summed E-state index contributed by atoms with van der Waals surface area (Å²) < 4.78 is 0.967. The molecule has 2 rings (SSSR count). The van der Waals surface area contributed by atoms with Crippen LogP contribution in [0.5, 0.6) is 0 Å². The fraction of sp³-hybridized carbons (Fsp3) is 0.300. The largest absolute Gasteiger partial charge is 0.351 e. The van der Waals surface area contributed by atoms with Crippen molar-refractivity contribution >= 4 is 33.4 Å². The van der Waals surface area contributed by atoms with Crippen LogP contribution < -0.4 is 10.6 Å². The van der Waals surface area contributed by atoms with Crippen molar-refractivity contribution in [2.75, 3.05) is 18.9 Å². The van der Waals surface area contributed by atoms with Crippen LogP contribution in [0, 0.1) is 6.92 Å². The molecule has 26 heavy (non-hydrogen) atoms. The average molecular weight is 418 g/mol. The number of nitrogens with one attached hydrogen (secondary N) is 2. The molecule has 0 aromatic heterocycles. The molecule has 2 aromatic rings. The summed E-state index contributed by atoms with van der Waals surface area (Å²) in [4.78, 5) is 26.3. The summed E-state index contributed by atoms with van der Waals surface area (Å²) in [6.45, 7) is 4.33. The van der Waals surface area contributed by atoms with Crippen molar-refractivity contribution in [1.29, 1.82) is 0 Å². The van der Waals surface area contributed by atoms with E-state index in [4.69, 9.17) is 0 Å². The molecule has 0 saturated carbocycles. The van der Waals surface area contributed by atoms with Gasteiger partial charge in [0.1, 0.15) is 0 Å². The van der Waals surface area contributed by atoms with Gasteiger partial charge in [-0.15, -0.1) is 0 Å². The Morgan fingerprint density at radius 2 is 1.85 bits per heavy atom. The van der Waals surface area contributed by atoms with Crippen molar-refractivity contribution in [3.63, 3.8) is 0 Å². The van der Waals surface area contributed by atoms with Gasteiger partial charge in [-0.05, 0) is 50.2 Å². The Bertz CT molecular complexity index is 765. The van der Waals surface area contributed by atoms with Gasteiger partial charge in [0.15, 0.2) is 0 Å². The first-order valence-electron chi connectivity index (χ1n) is 8.44. The quantitative estimate of drug-likeness (QED) is 0.725. The van der Waals surface area contributed by atoms with Gasteiger partial charge in [0.05, 0.1) is 12.6 Å². The minimum Gasteiger partial charge on any atom is -0.351 e. The van der Waals surface area contributed by atoms with Crippen LogP contribution in [0.25, 0.3) is 0 Å². The van der Waals surface area contributed by atoms with Crippen LogP contribution in [0.2, 0.25) is 0 Å². The van der Waals surface area contributed by atoms with Gasteiger partial charge >= 0.3 is 0 Å². The molecule has 0 fully saturated rings. The Morgan fingerprint density at radius 1 is 1.15 bits per heavy atom. The highest BCUT2D eigenvalue weighted by Gasteiger charge is 2.20. The minimum atomic E-state index is -0.407. The number of hydrogen-bond acceptors (Lipinski definition) is 3. The molecule has 0 spiro atoms. The van der Waals surface area contributed by atoms with Crippen molar-refractivity contribution in [2.45, 2.75) is 26.4 Å². The van der Waals surface area contributed by atoms with Gasteiger partial charge in [-0.1, -0.05) is 46.3 Å². The standard InChI is InChI=1S/C20H24BrN3O2/c1-14-11-17(21)9-10-18(14)23-19(25)13-24(3)15(2)20(26)22-12-16-7-5-4-6-8-16/h4-11,15H,12-13H2,1-3H3,(H,22,26)(H,23,25). The first-order chi connectivity index (χ1) is 12.4. The lowest BCUT2D eigenvalue weighted by molar-refractivity contribution is -0.126. The van der Waals surface area contributed by atoms with Crippen molar-refractivity contribution in [3.05, 3.63) is 64.1 Å². The lowest BCUT2D eigenvalue weighted by Crippen LogP contribution is -2.45. The maximum absolute atomic E-state index is 12.3. The SMILES string of the molecule is Cc1cc(Br)ccc1NC(=O)CN(C)C(C)C(=O)NCc1ccccc1. The maximum atomic E-state index is 12.3. The molecule has 0 bridgehead atoms. The molecule has 5 nitrogen and oxygen atoms in total. The Kier molecular flexibility index (Phi) is 7.36. The smallest absolute Gasteiger partial charge is 0.238 e. The number of hydrogen-bond donors (Lipinski definition) is 2. The number of amides is 2. The average Bonchev–Trinajstić information content (AvgIpc) is 2.62. The minimum absolute atomic E-state index is 0.107. The Hall–Kier alpha value is -2.18. The summed E-state index contributed by atoms with van der Waals surface area (Å²) in [7, 11) is 1.76. The first-order valence-corrected chi connectivity index (χ1v) is 9.24. The van der Waals surface area contributed by atoms with E-state index < -0.39 is 6.04 Å². The summed E-state index contributed by atoms with van der Waals surface area (Å²) in [5.41, 5.74) is 2.79. The van der Waals surface area contributed by atoms with Crippen LogP contribution in [-0.2, 0) is 16.1 Å². The number of aryl methyl sites for hydroxylation is 1. The van der Waals surface area contributed by atoms with Crippen LogP contribution in [0.3, 0.4) is 0 Å². The lowest BCUT2D eigenvalue weighted by atomic mass is 10.2. The summed E-state index contributed by atoms with van der Waals surface area (Å²) in [6, 6.07) is 15.0. The highest BCUT2D eigenvalue weighted by molar-refractivity contribution is 9.10. The van der Waals surface area contributed by atoms with Gasteiger partial charge in [-0.25, -0.2) is 0 Å². The molecule has 2 aromatic carbocycles. The topological polar surface area (TPSA) is 61.4 Å². The number of rotatable bonds is 7. The van der Waals surface area contributed by atoms with E-state index in [1.165, 1.54) is 0 Å². The summed E-state index contributed by atoms with van der Waals surface area (Å²) in [5, 5.41) is 5.79. The summed E-state index contributed by atoms with van der Waals surface area (Å²) in [5.74, 6) is -0.260. The van der Waals surface area contributed by atoms with Crippen LogP contribution in [0.15, 0.2) is 53.0 Å². The molecule has 2 amide bonds. The second kappa shape index (κ2) is 9.50. The Morgan fingerprint density at radius 3 is 2.50 bits per heavy atom. The molecule has 1 atom stereocenters. The van der Waals surface area contributed by atoms with Crippen molar-refractivity contribution < 1.29 is 9.59 Å². The van der Waals surface area contributed by atoms with Crippen LogP contribution in [0.4, 0.5) is 5.69 Å². The number of benzene rings is 2. The van der Waals surface area contributed by atoms with Gasteiger partial charge in [-0.3, -0.25) is 14.5 Å². The van der Waals surface area contributed by atoms with E-state index in [2.05, 4.69) is 26.6 Å². The number of nitrogens with zero attached hydrogens (tertiary/aromatic N) is 1. The van der Waals surface area contributed by atoms with Gasteiger partial charge < -0.3 is 10.6 Å². The fourth-order valence-corrected chi connectivity index (χ4v) is 2.93. The molecular weight excluding hydrogens is 394 g/mol. The molecule has 1 unspecified atom stereocenters. The lowest BCUT2D eigenvalue weighted by Gasteiger charge is -2.23. The van der Waals surface area contributed by atoms with Gasteiger partial charge in [-0.2, -0.15) is 0 Å². The molecule has 0 aliphatic rings. The van der Waals surface area contributed by atoms with Crippen LogP contribution in [-0.4, -0.2) is 36.3 Å². The predicted molar refractivity (Wildman–Crippen MR) is 108 cm³/mol. The molecule has 0 aliphatic carbocycles. The second-order valence-corrected chi connectivity index (χ2v) is 7.22. The number of anilines is 1. The van der Waals surface area contributed by atoms with Gasteiger partial charge in [0.25, 0.3) is 0 Å². The number of likely N-dealkylation sites (N-methyl/N-ethyl adjacent to an activating group) is 1. The van der Waals surface area contributed by atoms with E-state index in [9.17, 15) is 9.59 Å².